The molecule has 0 saturated carbocycles. The Balaban J connectivity index is 1.89. The Morgan fingerprint density at radius 1 is 0.960 bits per heavy atom. The van der Waals surface area contributed by atoms with E-state index in [0.717, 1.165) is 12.2 Å². The van der Waals surface area contributed by atoms with Gasteiger partial charge in [-0.3, -0.25) is 9.59 Å². The Kier molecular flexibility index (Phi) is 7.20. The van der Waals surface area contributed by atoms with Gasteiger partial charge in [-0.25, -0.2) is 0 Å². The van der Waals surface area contributed by atoms with Crippen molar-refractivity contribution in [3.05, 3.63) is 59.7 Å². The molecule has 0 heterocycles. The number of Topliss-reactive ketones (excluding diaryl/α,β-unsaturated/α-hetero) is 1. The summed E-state index contributed by atoms with van der Waals surface area (Å²) in [6, 6.07) is 14.0. The van der Waals surface area contributed by atoms with Gasteiger partial charge in [0.1, 0.15) is 5.75 Å². The van der Waals surface area contributed by atoms with Gasteiger partial charge >= 0.3 is 0 Å². The molecule has 4 heteroatoms. The second-order valence-corrected chi connectivity index (χ2v) is 6.02. The van der Waals surface area contributed by atoms with Crippen LogP contribution < -0.4 is 10.1 Å². The SMILES string of the molecule is CCCCCCOc1ccc(C(=O)Nc2cccc(C(C)=O)c2)cc1. The predicted molar refractivity (Wildman–Crippen MR) is 100 cm³/mol. The standard InChI is InChI=1S/C21H25NO3/c1-3-4-5-6-14-25-20-12-10-17(11-13-20)21(24)22-19-9-7-8-18(15-19)16(2)23/h7-13,15H,3-6,14H2,1-2H3,(H,22,24). The van der Waals surface area contributed by atoms with Gasteiger partial charge in [-0.1, -0.05) is 38.3 Å². The molecule has 0 aliphatic carbocycles. The van der Waals surface area contributed by atoms with E-state index < -0.39 is 0 Å². The largest absolute Gasteiger partial charge is 0.494 e. The van der Waals surface area contributed by atoms with Crippen molar-refractivity contribution in [3.8, 4) is 5.75 Å². The van der Waals surface area contributed by atoms with Crippen molar-refractivity contribution < 1.29 is 14.3 Å². The van der Waals surface area contributed by atoms with E-state index >= 15 is 0 Å². The summed E-state index contributed by atoms with van der Waals surface area (Å²) >= 11 is 0. The van der Waals surface area contributed by atoms with Gasteiger partial charge in [-0.2, -0.15) is 0 Å². The maximum atomic E-state index is 12.3. The number of nitrogens with one attached hydrogen (secondary N) is 1. The molecule has 2 aromatic rings. The van der Waals surface area contributed by atoms with Gasteiger partial charge < -0.3 is 10.1 Å². The van der Waals surface area contributed by atoms with E-state index in [9.17, 15) is 9.59 Å². The molecule has 0 aliphatic heterocycles. The zero-order chi connectivity index (χ0) is 18.1. The summed E-state index contributed by atoms with van der Waals surface area (Å²) in [6.45, 7) is 4.38. The van der Waals surface area contributed by atoms with E-state index in [1.165, 1.54) is 26.2 Å². The number of rotatable bonds is 9. The van der Waals surface area contributed by atoms with Crippen molar-refractivity contribution in [1.29, 1.82) is 0 Å². The number of carbonyl (C=O) groups excluding carboxylic acids is 2. The smallest absolute Gasteiger partial charge is 0.255 e. The number of ketones is 1. The highest BCUT2D eigenvalue weighted by molar-refractivity contribution is 6.05. The Hall–Kier alpha value is -2.62. The molecular formula is C21H25NO3. The minimum atomic E-state index is -0.213. The number of amides is 1. The Bertz CT molecular complexity index is 707. The Morgan fingerprint density at radius 2 is 1.72 bits per heavy atom. The topological polar surface area (TPSA) is 55.4 Å². The number of carbonyl (C=O) groups is 2. The molecule has 0 aromatic heterocycles. The second-order valence-electron chi connectivity index (χ2n) is 6.02. The average Bonchev–Trinajstić information content (AvgIpc) is 2.62. The van der Waals surface area contributed by atoms with Crippen LogP contribution in [-0.4, -0.2) is 18.3 Å². The lowest BCUT2D eigenvalue weighted by Gasteiger charge is -2.08. The van der Waals surface area contributed by atoms with Crippen molar-refractivity contribution in [1.82, 2.24) is 0 Å². The van der Waals surface area contributed by atoms with Gasteiger partial charge in [0.2, 0.25) is 0 Å². The Morgan fingerprint density at radius 3 is 2.40 bits per heavy atom. The van der Waals surface area contributed by atoms with Crippen LogP contribution in [0.4, 0.5) is 5.69 Å². The quantitative estimate of drug-likeness (QED) is 0.511. The van der Waals surface area contributed by atoms with E-state index in [2.05, 4.69) is 12.2 Å². The van der Waals surface area contributed by atoms with Crippen molar-refractivity contribution in [2.24, 2.45) is 0 Å². The van der Waals surface area contributed by atoms with Crippen LogP contribution in [0.15, 0.2) is 48.5 Å². The molecule has 0 bridgehead atoms. The van der Waals surface area contributed by atoms with Crippen LogP contribution in [0.2, 0.25) is 0 Å². The number of benzene rings is 2. The third kappa shape index (κ3) is 6.07. The maximum Gasteiger partial charge on any atom is 0.255 e. The lowest BCUT2D eigenvalue weighted by Crippen LogP contribution is -2.12. The van der Waals surface area contributed by atoms with Crippen LogP contribution in [-0.2, 0) is 0 Å². The number of anilines is 1. The van der Waals surface area contributed by atoms with Crippen LogP contribution >= 0.6 is 0 Å². The van der Waals surface area contributed by atoms with Crippen LogP contribution in [0.3, 0.4) is 0 Å². The lowest BCUT2D eigenvalue weighted by molar-refractivity contribution is 0.101. The minimum absolute atomic E-state index is 0.0310. The molecule has 2 rings (SSSR count). The fourth-order valence-electron chi connectivity index (χ4n) is 2.44. The molecule has 0 aliphatic rings. The van der Waals surface area contributed by atoms with Crippen molar-refractivity contribution >= 4 is 17.4 Å². The van der Waals surface area contributed by atoms with Gasteiger partial charge in [-0.05, 0) is 49.7 Å². The molecule has 0 spiro atoms. The van der Waals surface area contributed by atoms with E-state index in [1.807, 2.05) is 0 Å². The first-order valence-electron chi connectivity index (χ1n) is 8.75. The third-order valence-electron chi connectivity index (χ3n) is 3.91. The second kappa shape index (κ2) is 9.62. The average molecular weight is 339 g/mol. The fourth-order valence-corrected chi connectivity index (χ4v) is 2.44. The summed E-state index contributed by atoms with van der Waals surface area (Å²) < 4.78 is 5.68. The molecule has 0 radical (unpaired) electrons. The number of hydrogen-bond acceptors (Lipinski definition) is 3. The molecule has 1 N–H and O–H groups in total. The number of unbranched alkanes of at least 4 members (excludes halogenated alkanes) is 3. The highest BCUT2D eigenvalue weighted by Crippen LogP contribution is 2.16. The highest BCUT2D eigenvalue weighted by atomic mass is 16.5. The van der Waals surface area contributed by atoms with Crippen LogP contribution in [0.5, 0.6) is 5.75 Å². The van der Waals surface area contributed by atoms with E-state index in [4.69, 9.17) is 4.74 Å². The molecule has 0 fully saturated rings. The van der Waals surface area contributed by atoms with E-state index in [1.54, 1.807) is 48.5 Å². The maximum absolute atomic E-state index is 12.3. The lowest BCUT2D eigenvalue weighted by atomic mass is 10.1. The number of hydrogen-bond donors (Lipinski definition) is 1. The van der Waals surface area contributed by atoms with Crippen molar-refractivity contribution in [2.45, 2.75) is 39.5 Å². The molecule has 1 amide bonds. The molecule has 0 unspecified atom stereocenters. The van der Waals surface area contributed by atoms with Gasteiger partial charge in [0.25, 0.3) is 5.91 Å². The molecule has 4 nitrogen and oxygen atoms in total. The molecule has 0 atom stereocenters. The molecule has 0 saturated heterocycles. The zero-order valence-electron chi connectivity index (χ0n) is 14.9. The molecule has 2 aromatic carbocycles. The summed E-state index contributed by atoms with van der Waals surface area (Å²) in [4.78, 5) is 23.7. The fraction of sp³-hybridized carbons (Fsp3) is 0.333. The zero-order valence-corrected chi connectivity index (χ0v) is 14.9. The van der Waals surface area contributed by atoms with Gasteiger partial charge in [0.05, 0.1) is 6.61 Å². The van der Waals surface area contributed by atoms with Gasteiger partial charge in [-0.15, -0.1) is 0 Å². The Labute approximate surface area is 149 Å². The summed E-state index contributed by atoms with van der Waals surface area (Å²) in [5.74, 6) is 0.526. The van der Waals surface area contributed by atoms with Crippen LogP contribution in [0.25, 0.3) is 0 Å². The minimum Gasteiger partial charge on any atom is -0.494 e. The normalized spacial score (nSPS) is 10.3. The van der Waals surface area contributed by atoms with E-state index in [0.29, 0.717) is 23.4 Å². The van der Waals surface area contributed by atoms with Crippen LogP contribution in [0.1, 0.15) is 60.2 Å². The summed E-state index contributed by atoms with van der Waals surface area (Å²) in [6.07, 6.45) is 4.66. The van der Waals surface area contributed by atoms with E-state index in [-0.39, 0.29) is 11.7 Å². The monoisotopic (exact) mass is 339 g/mol. The molecule has 25 heavy (non-hydrogen) atoms. The summed E-state index contributed by atoms with van der Waals surface area (Å²) in [7, 11) is 0. The molecular weight excluding hydrogens is 314 g/mol. The number of ether oxygens (including phenoxy) is 1. The summed E-state index contributed by atoms with van der Waals surface area (Å²) in [5.41, 5.74) is 1.73. The van der Waals surface area contributed by atoms with Crippen molar-refractivity contribution in [3.63, 3.8) is 0 Å². The van der Waals surface area contributed by atoms with Gasteiger partial charge in [0, 0.05) is 16.8 Å². The van der Waals surface area contributed by atoms with Crippen LogP contribution in [0, 0.1) is 0 Å². The predicted octanol–water partition coefficient (Wildman–Crippen LogP) is 5.10. The van der Waals surface area contributed by atoms with Crippen molar-refractivity contribution in [2.75, 3.05) is 11.9 Å². The third-order valence-corrected chi connectivity index (χ3v) is 3.91. The first-order chi connectivity index (χ1) is 12.1. The highest BCUT2D eigenvalue weighted by Gasteiger charge is 2.08. The van der Waals surface area contributed by atoms with Gasteiger partial charge in [0.15, 0.2) is 5.78 Å². The first-order valence-corrected chi connectivity index (χ1v) is 8.75. The first kappa shape index (κ1) is 18.7. The molecule has 132 valence electrons. The summed E-state index contributed by atoms with van der Waals surface area (Å²) in [5, 5.41) is 2.81.